The molecule has 1 aromatic heterocycles. The Morgan fingerprint density at radius 2 is 1.79 bits per heavy atom. The van der Waals surface area contributed by atoms with Crippen LogP contribution in [0.2, 0.25) is 0 Å². The predicted octanol–water partition coefficient (Wildman–Crippen LogP) is 3.52. The zero-order valence-corrected chi connectivity index (χ0v) is 14.0. The SMILES string of the molecule is Cc1ccc(-n2ccnc(SCC(=O)c3ccccc3)c2=O)cc1. The molecule has 0 amide bonds. The van der Waals surface area contributed by atoms with E-state index in [2.05, 4.69) is 4.98 Å². The first-order chi connectivity index (χ1) is 11.6. The number of nitrogens with zero attached hydrogens (tertiary/aromatic N) is 2. The van der Waals surface area contributed by atoms with E-state index in [0.717, 1.165) is 11.3 Å². The van der Waals surface area contributed by atoms with E-state index >= 15 is 0 Å². The second-order valence-corrected chi connectivity index (χ2v) is 6.29. The van der Waals surface area contributed by atoms with E-state index in [-0.39, 0.29) is 17.1 Å². The van der Waals surface area contributed by atoms with Crippen LogP contribution < -0.4 is 5.56 Å². The Hall–Kier alpha value is -2.66. The molecule has 0 atom stereocenters. The van der Waals surface area contributed by atoms with E-state index in [9.17, 15) is 9.59 Å². The molecule has 0 aliphatic rings. The molecule has 0 aliphatic carbocycles. The van der Waals surface area contributed by atoms with Gasteiger partial charge in [-0.05, 0) is 19.1 Å². The molecule has 0 bridgehead atoms. The molecule has 0 saturated carbocycles. The summed E-state index contributed by atoms with van der Waals surface area (Å²) in [5.41, 5.74) is 2.33. The van der Waals surface area contributed by atoms with E-state index in [1.54, 1.807) is 29.1 Å². The Kier molecular flexibility index (Phi) is 4.91. The Morgan fingerprint density at radius 1 is 1.08 bits per heavy atom. The molecule has 0 fully saturated rings. The summed E-state index contributed by atoms with van der Waals surface area (Å²) in [4.78, 5) is 28.9. The Bertz CT molecular complexity index is 903. The Balaban J connectivity index is 1.80. The van der Waals surface area contributed by atoms with Gasteiger partial charge < -0.3 is 0 Å². The number of thioether (sulfide) groups is 1. The molecule has 4 nitrogen and oxygen atoms in total. The maximum absolute atomic E-state index is 12.6. The van der Waals surface area contributed by atoms with Gasteiger partial charge in [0.15, 0.2) is 10.8 Å². The summed E-state index contributed by atoms with van der Waals surface area (Å²) < 4.78 is 1.54. The molecular weight excluding hydrogens is 320 g/mol. The summed E-state index contributed by atoms with van der Waals surface area (Å²) >= 11 is 1.17. The fraction of sp³-hybridized carbons (Fsp3) is 0.105. The van der Waals surface area contributed by atoms with Gasteiger partial charge in [-0.2, -0.15) is 0 Å². The molecule has 0 unspecified atom stereocenters. The Morgan fingerprint density at radius 3 is 2.50 bits per heavy atom. The lowest BCUT2D eigenvalue weighted by molar-refractivity contribution is 0.102. The molecule has 0 radical (unpaired) electrons. The van der Waals surface area contributed by atoms with E-state index in [0.29, 0.717) is 10.6 Å². The van der Waals surface area contributed by atoms with E-state index in [1.165, 1.54) is 11.8 Å². The van der Waals surface area contributed by atoms with Crippen molar-refractivity contribution in [3.63, 3.8) is 0 Å². The lowest BCUT2D eigenvalue weighted by Crippen LogP contribution is -2.21. The molecule has 0 spiro atoms. The number of carbonyl (C=O) groups is 1. The molecule has 3 rings (SSSR count). The van der Waals surface area contributed by atoms with Gasteiger partial charge in [-0.1, -0.05) is 59.8 Å². The minimum atomic E-state index is -0.216. The Labute approximate surface area is 144 Å². The van der Waals surface area contributed by atoms with Crippen LogP contribution in [0.15, 0.2) is 76.8 Å². The van der Waals surface area contributed by atoms with Gasteiger partial charge >= 0.3 is 0 Å². The zero-order chi connectivity index (χ0) is 16.9. The monoisotopic (exact) mass is 336 g/mol. The number of hydrogen-bond donors (Lipinski definition) is 0. The van der Waals surface area contributed by atoms with Gasteiger partial charge in [0, 0.05) is 23.6 Å². The lowest BCUT2D eigenvalue weighted by Gasteiger charge is -2.07. The average Bonchev–Trinajstić information content (AvgIpc) is 2.62. The normalized spacial score (nSPS) is 10.5. The number of rotatable bonds is 5. The van der Waals surface area contributed by atoms with Crippen molar-refractivity contribution in [1.29, 1.82) is 0 Å². The van der Waals surface area contributed by atoms with Crippen molar-refractivity contribution in [2.45, 2.75) is 11.9 Å². The summed E-state index contributed by atoms with van der Waals surface area (Å²) in [7, 11) is 0. The summed E-state index contributed by atoms with van der Waals surface area (Å²) in [5.74, 6) is 0.164. The van der Waals surface area contributed by atoms with Crippen molar-refractivity contribution in [2.24, 2.45) is 0 Å². The fourth-order valence-corrected chi connectivity index (χ4v) is 3.03. The third kappa shape index (κ3) is 3.63. The number of aryl methyl sites for hydroxylation is 1. The number of carbonyl (C=O) groups excluding carboxylic acids is 1. The summed E-state index contributed by atoms with van der Waals surface area (Å²) in [6, 6.07) is 16.7. The molecule has 5 heteroatoms. The predicted molar refractivity (Wildman–Crippen MR) is 96.1 cm³/mol. The van der Waals surface area contributed by atoms with Gasteiger partial charge in [-0.25, -0.2) is 4.98 Å². The minimum Gasteiger partial charge on any atom is -0.293 e. The van der Waals surface area contributed by atoms with Crippen LogP contribution in [0.3, 0.4) is 0 Å². The lowest BCUT2D eigenvalue weighted by atomic mass is 10.2. The smallest absolute Gasteiger partial charge is 0.287 e. The second kappa shape index (κ2) is 7.27. The van der Waals surface area contributed by atoms with Crippen LogP contribution in [0.5, 0.6) is 0 Å². The number of Topliss-reactive ketones (excluding diaryl/α,β-unsaturated/α-hetero) is 1. The molecule has 0 saturated heterocycles. The van der Waals surface area contributed by atoms with Gasteiger partial charge in [0.1, 0.15) is 0 Å². The first kappa shape index (κ1) is 16.2. The highest BCUT2D eigenvalue weighted by Gasteiger charge is 2.11. The molecular formula is C19H16N2O2S. The average molecular weight is 336 g/mol. The first-order valence-electron chi connectivity index (χ1n) is 7.51. The van der Waals surface area contributed by atoms with Crippen molar-refractivity contribution in [2.75, 3.05) is 5.75 Å². The largest absolute Gasteiger partial charge is 0.293 e. The molecule has 1 heterocycles. The van der Waals surface area contributed by atoms with Crippen LogP contribution in [0.1, 0.15) is 15.9 Å². The molecule has 0 N–H and O–H groups in total. The third-order valence-corrected chi connectivity index (χ3v) is 4.52. The summed E-state index contributed by atoms with van der Waals surface area (Å²) in [6.07, 6.45) is 3.21. The number of hydrogen-bond acceptors (Lipinski definition) is 4. The molecule has 24 heavy (non-hydrogen) atoms. The number of ketones is 1. The highest BCUT2D eigenvalue weighted by molar-refractivity contribution is 7.99. The molecule has 2 aromatic carbocycles. The standard InChI is InChI=1S/C19H16N2O2S/c1-14-7-9-16(10-8-14)21-12-11-20-18(19(21)23)24-13-17(22)15-5-3-2-4-6-15/h2-12H,13H2,1H3. The number of benzene rings is 2. The molecule has 120 valence electrons. The van der Waals surface area contributed by atoms with Crippen molar-refractivity contribution >= 4 is 17.5 Å². The summed E-state index contributed by atoms with van der Waals surface area (Å²) in [6.45, 7) is 2.00. The molecule has 0 aliphatic heterocycles. The van der Waals surface area contributed by atoms with Crippen LogP contribution in [-0.4, -0.2) is 21.1 Å². The maximum Gasteiger partial charge on any atom is 0.287 e. The topological polar surface area (TPSA) is 52.0 Å². The van der Waals surface area contributed by atoms with Crippen LogP contribution in [0.25, 0.3) is 5.69 Å². The number of aromatic nitrogens is 2. The summed E-state index contributed by atoms with van der Waals surface area (Å²) in [5, 5.41) is 0.322. The van der Waals surface area contributed by atoms with Gasteiger partial charge in [0.2, 0.25) is 0 Å². The minimum absolute atomic E-state index is 0.0208. The van der Waals surface area contributed by atoms with Crippen LogP contribution >= 0.6 is 11.8 Å². The van der Waals surface area contributed by atoms with Gasteiger partial charge in [-0.15, -0.1) is 0 Å². The molecule has 3 aromatic rings. The second-order valence-electron chi connectivity index (χ2n) is 5.32. The van der Waals surface area contributed by atoms with Gasteiger partial charge in [0.05, 0.1) is 5.75 Å². The zero-order valence-electron chi connectivity index (χ0n) is 13.2. The van der Waals surface area contributed by atoms with Crippen LogP contribution in [0, 0.1) is 6.92 Å². The fourth-order valence-electron chi connectivity index (χ4n) is 2.24. The highest BCUT2D eigenvalue weighted by Crippen LogP contribution is 2.14. The van der Waals surface area contributed by atoms with Crippen molar-refractivity contribution < 1.29 is 4.79 Å². The highest BCUT2D eigenvalue weighted by atomic mass is 32.2. The van der Waals surface area contributed by atoms with Gasteiger partial charge in [0.25, 0.3) is 5.56 Å². The van der Waals surface area contributed by atoms with E-state index in [4.69, 9.17) is 0 Å². The van der Waals surface area contributed by atoms with Crippen molar-refractivity contribution in [1.82, 2.24) is 9.55 Å². The van der Waals surface area contributed by atoms with Crippen LogP contribution in [0.4, 0.5) is 0 Å². The van der Waals surface area contributed by atoms with Crippen molar-refractivity contribution in [3.05, 3.63) is 88.5 Å². The third-order valence-electron chi connectivity index (χ3n) is 3.56. The first-order valence-corrected chi connectivity index (χ1v) is 8.49. The maximum atomic E-state index is 12.6. The van der Waals surface area contributed by atoms with Crippen molar-refractivity contribution in [3.8, 4) is 5.69 Å². The van der Waals surface area contributed by atoms with E-state index in [1.807, 2.05) is 49.4 Å². The van der Waals surface area contributed by atoms with Gasteiger partial charge in [-0.3, -0.25) is 14.2 Å². The van der Waals surface area contributed by atoms with Crippen LogP contribution in [-0.2, 0) is 0 Å². The quantitative estimate of drug-likeness (QED) is 0.528. The van der Waals surface area contributed by atoms with E-state index < -0.39 is 0 Å².